The van der Waals surface area contributed by atoms with Crippen molar-refractivity contribution in [2.45, 2.75) is 0 Å². The van der Waals surface area contributed by atoms with E-state index < -0.39 is 0 Å². The van der Waals surface area contributed by atoms with Gasteiger partial charge in [0.2, 0.25) is 5.56 Å². The van der Waals surface area contributed by atoms with Crippen LogP contribution in [0.1, 0.15) is 10.4 Å². The first-order valence-corrected chi connectivity index (χ1v) is 5.58. The summed E-state index contributed by atoms with van der Waals surface area (Å²) in [4.78, 5) is 27.4. The molecule has 2 N–H and O–H groups in total. The van der Waals surface area contributed by atoms with Gasteiger partial charge in [-0.15, -0.1) is 0 Å². The Kier molecular flexibility index (Phi) is 3.55. The van der Waals surface area contributed by atoms with Gasteiger partial charge in [0.25, 0.3) is 5.91 Å². The maximum atomic E-state index is 11.8. The van der Waals surface area contributed by atoms with E-state index >= 15 is 0 Å². The molecule has 2 rings (SSSR count). The summed E-state index contributed by atoms with van der Waals surface area (Å²) in [6, 6.07) is 2.86. The standard InChI is InChI=1S/C11H16N4O2/c1-14-4-6-15(7-5-14)13-11(17)9-2-3-10(16)12-8-9/h2-3,8H,4-7H2,1H3,(H,12,16)(H,13,17). The van der Waals surface area contributed by atoms with Crippen LogP contribution in [0.25, 0.3) is 0 Å². The molecule has 0 aliphatic carbocycles. The summed E-state index contributed by atoms with van der Waals surface area (Å²) in [5.74, 6) is -0.189. The van der Waals surface area contributed by atoms with Crippen LogP contribution in [-0.2, 0) is 0 Å². The Morgan fingerprint density at radius 2 is 2.00 bits per heavy atom. The molecule has 0 saturated carbocycles. The fourth-order valence-corrected chi connectivity index (χ4v) is 1.68. The van der Waals surface area contributed by atoms with E-state index in [0.717, 1.165) is 26.2 Å². The molecular weight excluding hydrogens is 220 g/mol. The first-order valence-electron chi connectivity index (χ1n) is 5.58. The topological polar surface area (TPSA) is 68.4 Å². The quantitative estimate of drug-likeness (QED) is 0.710. The van der Waals surface area contributed by atoms with E-state index in [-0.39, 0.29) is 11.5 Å². The molecule has 1 aromatic heterocycles. The minimum Gasteiger partial charge on any atom is -0.328 e. The number of aromatic nitrogens is 1. The van der Waals surface area contributed by atoms with Crippen LogP contribution in [0.3, 0.4) is 0 Å². The van der Waals surface area contributed by atoms with E-state index in [2.05, 4.69) is 22.4 Å². The number of nitrogens with one attached hydrogen (secondary N) is 2. The number of hydrogen-bond donors (Lipinski definition) is 2. The number of rotatable bonds is 2. The number of aromatic amines is 1. The number of piperazine rings is 1. The average Bonchev–Trinajstić information content (AvgIpc) is 2.33. The number of amides is 1. The van der Waals surface area contributed by atoms with Crippen molar-refractivity contribution in [3.63, 3.8) is 0 Å². The number of hydrazine groups is 1. The Bertz CT molecular complexity index is 429. The average molecular weight is 236 g/mol. The number of carbonyl (C=O) groups is 1. The van der Waals surface area contributed by atoms with E-state index in [1.165, 1.54) is 18.3 Å². The Hall–Kier alpha value is -1.66. The van der Waals surface area contributed by atoms with Gasteiger partial charge in [-0.1, -0.05) is 0 Å². The van der Waals surface area contributed by atoms with E-state index in [9.17, 15) is 9.59 Å². The van der Waals surface area contributed by atoms with Gasteiger partial charge < -0.3 is 9.88 Å². The molecule has 6 heteroatoms. The first-order chi connectivity index (χ1) is 8.15. The largest absolute Gasteiger partial charge is 0.328 e. The molecule has 6 nitrogen and oxygen atoms in total. The van der Waals surface area contributed by atoms with Crippen molar-refractivity contribution >= 4 is 5.91 Å². The molecule has 1 saturated heterocycles. The summed E-state index contributed by atoms with van der Waals surface area (Å²) in [6.45, 7) is 3.50. The molecule has 0 spiro atoms. The normalized spacial score (nSPS) is 17.9. The Balaban J connectivity index is 1.93. The second-order valence-corrected chi connectivity index (χ2v) is 4.17. The molecule has 1 aliphatic rings. The Morgan fingerprint density at radius 1 is 1.29 bits per heavy atom. The molecule has 0 bridgehead atoms. The summed E-state index contributed by atoms with van der Waals surface area (Å²) < 4.78 is 0. The Morgan fingerprint density at radius 3 is 2.59 bits per heavy atom. The third-order valence-corrected chi connectivity index (χ3v) is 2.81. The van der Waals surface area contributed by atoms with Gasteiger partial charge in [-0.05, 0) is 13.1 Å². The van der Waals surface area contributed by atoms with Crippen molar-refractivity contribution in [2.75, 3.05) is 33.2 Å². The molecule has 17 heavy (non-hydrogen) atoms. The molecule has 0 unspecified atom stereocenters. The molecule has 0 aromatic carbocycles. The van der Waals surface area contributed by atoms with Crippen molar-refractivity contribution in [2.24, 2.45) is 0 Å². The van der Waals surface area contributed by atoms with Crippen molar-refractivity contribution in [3.8, 4) is 0 Å². The zero-order valence-corrected chi connectivity index (χ0v) is 9.77. The highest BCUT2D eigenvalue weighted by Crippen LogP contribution is 1.98. The van der Waals surface area contributed by atoms with Crippen molar-refractivity contribution < 1.29 is 4.79 Å². The van der Waals surface area contributed by atoms with Gasteiger partial charge in [-0.3, -0.25) is 15.0 Å². The van der Waals surface area contributed by atoms with Gasteiger partial charge in [-0.2, -0.15) is 0 Å². The molecule has 1 aromatic rings. The summed E-state index contributed by atoms with van der Waals surface area (Å²) in [6.07, 6.45) is 1.42. The third kappa shape index (κ3) is 3.15. The van der Waals surface area contributed by atoms with E-state index in [1.807, 2.05) is 5.01 Å². The molecule has 1 fully saturated rings. The monoisotopic (exact) mass is 236 g/mol. The predicted octanol–water partition coefficient (Wildman–Crippen LogP) is -0.733. The number of carbonyl (C=O) groups excluding carboxylic acids is 1. The highest BCUT2D eigenvalue weighted by Gasteiger charge is 2.16. The lowest BCUT2D eigenvalue weighted by atomic mass is 10.3. The summed E-state index contributed by atoms with van der Waals surface area (Å²) in [5, 5.41) is 1.90. The van der Waals surface area contributed by atoms with E-state index in [1.54, 1.807) is 0 Å². The molecule has 2 heterocycles. The number of H-pyrrole nitrogens is 1. The van der Waals surface area contributed by atoms with Gasteiger partial charge in [0, 0.05) is 38.4 Å². The van der Waals surface area contributed by atoms with E-state index in [4.69, 9.17) is 0 Å². The molecule has 0 radical (unpaired) electrons. The first kappa shape index (κ1) is 11.8. The van der Waals surface area contributed by atoms with Crippen LogP contribution in [0.2, 0.25) is 0 Å². The fraction of sp³-hybridized carbons (Fsp3) is 0.455. The molecule has 1 amide bonds. The maximum absolute atomic E-state index is 11.8. The van der Waals surface area contributed by atoms with Crippen LogP contribution in [0, 0.1) is 0 Å². The van der Waals surface area contributed by atoms with Crippen LogP contribution in [0.5, 0.6) is 0 Å². The summed E-state index contributed by atoms with van der Waals surface area (Å²) in [5.41, 5.74) is 3.08. The van der Waals surface area contributed by atoms with Crippen LogP contribution >= 0.6 is 0 Å². The summed E-state index contributed by atoms with van der Waals surface area (Å²) in [7, 11) is 2.06. The van der Waals surface area contributed by atoms with Crippen LogP contribution in [0.15, 0.2) is 23.1 Å². The zero-order valence-electron chi connectivity index (χ0n) is 9.77. The molecule has 92 valence electrons. The predicted molar refractivity (Wildman–Crippen MR) is 63.6 cm³/mol. The van der Waals surface area contributed by atoms with Crippen LogP contribution in [-0.4, -0.2) is 54.0 Å². The van der Waals surface area contributed by atoms with Gasteiger partial charge >= 0.3 is 0 Å². The second kappa shape index (κ2) is 5.11. The lowest BCUT2D eigenvalue weighted by molar-refractivity contribution is 0.0662. The number of pyridine rings is 1. The number of likely N-dealkylation sites (N-methyl/N-ethyl adjacent to an activating group) is 1. The lowest BCUT2D eigenvalue weighted by Gasteiger charge is -2.32. The maximum Gasteiger partial charge on any atom is 0.267 e. The summed E-state index contributed by atoms with van der Waals surface area (Å²) >= 11 is 0. The van der Waals surface area contributed by atoms with Gasteiger partial charge in [0.05, 0.1) is 5.56 Å². The zero-order chi connectivity index (χ0) is 12.3. The highest BCUT2D eigenvalue weighted by atomic mass is 16.2. The third-order valence-electron chi connectivity index (χ3n) is 2.81. The lowest BCUT2D eigenvalue weighted by Crippen LogP contribution is -2.52. The molecule has 1 aliphatic heterocycles. The minimum absolute atomic E-state index is 0.189. The van der Waals surface area contributed by atoms with Crippen LogP contribution in [0.4, 0.5) is 0 Å². The van der Waals surface area contributed by atoms with Crippen molar-refractivity contribution in [1.29, 1.82) is 0 Å². The smallest absolute Gasteiger partial charge is 0.267 e. The molecular formula is C11H16N4O2. The van der Waals surface area contributed by atoms with Gasteiger partial charge in [0.1, 0.15) is 0 Å². The van der Waals surface area contributed by atoms with Crippen LogP contribution < -0.4 is 11.0 Å². The van der Waals surface area contributed by atoms with Gasteiger partial charge in [-0.25, -0.2) is 5.01 Å². The number of hydrogen-bond acceptors (Lipinski definition) is 4. The highest BCUT2D eigenvalue weighted by molar-refractivity contribution is 5.93. The fourth-order valence-electron chi connectivity index (χ4n) is 1.68. The second-order valence-electron chi connectivity index (χ2n) is 4.17. The van der Waals surface area contributed by atoms with Crippen molar-refractivity contribution in [1.82, 2.24) is 20.3 Å². The minimum atomic E-state index is -0.207. The Labute approximate surface area is 99.2 Å². The number of nitrogens with zero attached hydrogens (tertiary/aromatic N) is 2. The SMILES string of the molecule is CN1CCN(NC(=O)c2ccc(=O)[nH]c2)CC1. The van der Waals surface area contributed by atoms with Crippen molar-refractivity contribution in [3.05, 3.63) is 34.2 Å². The van der Waals surface area contributed by atoms with Gasteiger partial charge in [0.15, 0.2) is 0 Å². The molecule has 0 atom stereocenters. The van der Waals surface area contributed by atoms with E-state index in [0.29, 0.717) is 5.56 Å².